The molecule has 1 aliphatic carbocycles. The van der Waals surface area contributed by atoms with Gasteiger partial charge in [0, 0.05) is 33.3 Å². The summed E-state index contributed by atoms with van der Waals surface area (Å²) in [5, 5.41) is 1.91. The van der Waals surface area contributed by atoms with Crippen molar-refractivity contribution in [2.45, 2.75) is 59.3 Å². The van der Waals surface area contributed by atoms with E-state index in [1.165, 1.54) is 39.1 Å². The fourth-order valence-electron chi connectivity index (χ4n) is 9.19. The maximum atomic E-state index is 13.9. The van der Waals surface area contributed by atoms with E-state index in [1.54, 1.807) is 6.08 Å². The third kappa shape index (κ3) is 4.74. The van der Waals surface area contributed by atoms with E-state index in [0.717, 1.165) is 39.2 Å². The second kappa shape index (κ2) is 11.5. The smallest absolute Gasteiger partial charge is 0.197 e. The number of allylic oxidation sites excluding steroid dienone is 4. The molecule has 6 aromatic carbocycles. The summed E-state index contributed by atoms with van der Waals surface area (Å²) in [6.07, 6.45) is 3.81. The molecule has 2 heterocycles. The fourth-order valence-corrected chi connectivity index (χ4v) is 9.19. The zero-order chi connectivity index (χ0) is 37.0. The first-order valence-corrected chi connectivity index (χ1v) is 18.4. The highest BCUT2D eigenvalue weighted by Gasteiger charge is 2.46. The normalized spacial score (nSPS) is 17.3. The van der Waals surface area contributed by atoms with Gasteiger partial charge in [0.25, 0.3) is 0 Å². The van der Waals surface area contributed by atoms with Crippen LogP contribution in [0, 0.1) is 20.8 Å². The summed E-state index contributed by atoms with van der Waals surface area (Å²) < 4.78 is 0. The molecule has 0 unspecified atom stereocenters. The van der Waals surface area contributed by atoms with Gasteiger partial charge < -0.3 is 9.80 Å². The van der Waals surface area contributed by atoms with Crippen molar-refractivity contribution in [3.05, 3.63) is 183 Å². The number of carbonyl (C=O) groups excluding carboxylic acids is 2. The Morgan fingerprint density at radius 1 is 0.509 bits per heavy atom. The first-order valence-electron chi connectivity index (χ1n) is 18.4. The number of hydrogen-bond donors (Lipinski definition) is 0. The molecule has 0 fully saturated rings. The Morgan fingerprint density at radius 2 is 1.06 bits per heavy atom. The SMILES string of the molecule is Cc1cc(C)c(N2/C(=C/C=C3C(=O)c4cc5ccccc5cc4C3=O)C(C)(C)c3cc4c(cc32)N(c2ccccc2)c2ccccc2C4(C)C)c(C)c1. The molecule has 0 spiro atoms. The number of aryl methyl sites for hydroxylation is 3. The lowest BCUT2D eigenvalue weighted by molar-refractivity contribution is 0.0988. The standard InChI is InChI=1S/C49H42N2O2/c1-29-23-30(2)45(31(3)24-29)51-43-28-42-39(48(4,5)38-19-13-14-20-41(38)50(42)34-17-9-8-10-18-34)27-40(43)49(6,7)44(51)22-21-35-46(52)36-25-32-15-11-12-16-33(32)26-37(36)47(35)53/h8-28H,1-7H3/b44-22+. The molecule has 0 bridgehead atoms. The minimum Gasteiger partial charge on any atom is -0.312 e. The van der Waals surface area contributed by atoms with Crippen LogP contribution in [0.15, 0.2) is 139 Å². The van der Waals surface area contributed by atoms with E-state index < -0.39 is 5.41 Å². The van der Waals surface area contributed by atoms with Gasteiger partial charge in [0.2, 0.25) is 0 Å². The molecule has 4 nitrogen and oxygen atoms in total. The van der Waals surface area contributed by atoms with Gasteiger partial charge in [-0.15, -0.1) is 0 Å². The van der Waals surface area contributed by atoms with Gasteiger partial charge in [-0.1, -0.05) is 106 Å². The van der Waals surface area contributed by atoms with Crippen molar-refractivity contribution in [2.24, 2.45) is 0 Å². The van der Waals surface area contributed by atoms with Gasteiger partial charge in [0.1, 0.15) is 0 Å². The zero-order valence-corrected chi connectivity index (χ0v) is 31.3. The topological polar surface area (TPSA) is 40.6 Å². The molecule has 0 saturated carbocycles. The van der Waals surface area contributed by atoms with E-state index in [-0.39, 0.29) is 22.6 Å². The molecule has 2 aliphatic heterocycles. The summed E-state index contributed by atoms with van der Waals surface area (Å²) in [7, 11) is 0. The van der Waals surface area contributed by atoms with E-state index >= 15 is 0 Å². The summed E-state index contributed by atoms with van der Waals surface area (Å²) in [4.78, 5) is 32.6. The summed E-state index contributed by atoms with van der Waals surface area (Å²) in [6.45, 7) is 15.7. The van der Waals surface area contributed by atoms with Crippen molar-refractivity contribution < 1.29 is 9.59 Å². The first kappa shape index (κ1) is 32.9. The highest BCUT2D eigenvalue weighted by Crippen LogP contribution is 2.59. The molecule has 0 amide bonds. The van der Waals surface area contributed by atoms with Gasteiger partial charge in [-0.3, -0.25) is 9.59 Å². The van der Waals surface area contributed by atoms with E-state index in [4.69, 9.17) is 0 Å². The monoisotopic (exact) mass is 690 g/mol. The Labute approximate surface area is 311 Å². The zero-order valence-electron chi connectivity index (χ0n) is 31.3. The molecular weight excluding hydrogens is 649 g/mol. The van der Waals surface area contributed by atoms with Crippen LogP contribution in [0.2, 0.25) is 0 Å². The number of nitrogens with zero attached hydrogens (tertiary/aromatic N) is 2. The molecule has 0 radical (unpaired) electrons. The average molecular weight is 691 g/mol. The molecule has 0 N–H and O–H groups in total. The number of fused-ring (bicyclic) bond motifs is 5. The third-order valence-electron chi connectivity index (χ3n) is 11.8. The molecule has 3 aliphatic rings. The number of hydrogen-bond acceptors (Lipinski definition) is 4. The Balaban J connectivity index is 1.28. The average Bonchev–Trinajstić information content (AvgIpc) is 3.49. The highest BCUT2D eigenvalue weighted by atomic mass is 16.2. The van der Waals surface area contributed by atoms with Crippen molar-refractivity contribution >= 4 is 50.8 Å². The van der Waals surface area contributed by atoms with Gasteiger partial charge in [-0.05, 0) is 114 Å². The Morgan fingerprint density at radius 3 is 1.70 bits per heavy atom. The van der Waals surface area contributed by atoms with Crippen LogP contribution in [0.3, 0.4) is 0 Å². The van der Waals surface area contributed by atoms with Gasteiger partial charge >= 0.3 is 0 Å². The number of rotatable bonds is 3. The molecule has 0 aromatic heterocycles. The number of ketones is 2. The lowest BCUT2D eigenvalue weighted by atomic mass is 9.71. The summed E-state index contributed by atoms with van der Waals surface area (Å²) in [5.41, 5.74) is 14.4. The van der Waals surface area contributed by atoms with Gasteiger partial charge in [0.05, 0.1) is 28.3 Å². The highest BCUT2D eigenvalue weighted by molar-refractivity contribution is 6.40. The van der Waals surface area contributed by atoms with Crippen LogP contribution in [0.4, 0.5) is 28.4 Å². The minimum atomic E-state index is -0.470. The van der Waals surface area contributed by atoms with Crippen LogP contribution in [-0.2, 0) is 10.8 Å². The predicted octanol–water partition coefficient (Wildman–Crippen LogP) is 12.2. The van der Waals surface area contributed by atoms with E-state index in [2.05, 4.69) is 137 Å². The number of para-hydroxylation sites is 2. The molecule has 0 atom stereocenters. The largest absolute Gasteiger partial charge is 0.312 e. The Bertz CT molecular complexity index is 2560. The Kier molecular flexibility index (Phi) is 7.13. The number of benzene rings is 6. The molecular formula is C49H42N2O2. The van der Waals surface area contributed by atoms with Crippen molar-refractivity contribution in [3.8, 4) is 0 Å². The van der Waals surface area contributed by atoms with Crippen molar-refractivity contribution in [3.63, 3.8) is 0 Å². The van der Waals surface area contributed by atoms with E-state index in [1.807, 2.05) is 42.5 Å². The van der Waals surface area contributed by atoms with Crippen LogP contribution < -0.4 is 9.80 Å². The van der Waals surface area contributed by atoms with Crippen LogP contribution in [0.1, 0.15) is 81.8 Å². The van der Waals surface area contributed by atoms with Crippen molar-refractivity contribution in [2.75, 3.05) is 9.80 Å². The molecule has 0 saturated heterocycles. The molecule has 9 rings (SSSR count). The van der Waals surface area contributed by atoms with Crippen molar-refractivity contribution in [1.29, 1.82) is 0 Å². The maximum Gasteiger partial charge on any atom is 0.197 e. The second-order valence-corrected chi connectivity index (χ2v) is 15.9. The molecule has 53 heavy (non-hydrogen) atoms. The quantitative estimate of drug-likeness (QED) is 0.137. The maximum absolute atomic E-state index is 13.9. The lowest BCUT2D eigenvalue weighted by Gasteiger charge is -2.42. The van der Waals surface area contributed by atoms with Gasteiger partial charge in [-0.2, -0.15) is 0 Å². The first-order chi connectivity index (χ1) is 25.4. The van der Waals surface area contributed by atoms with Gasteiger partial charge in [0.15, 0.2) is 11.6 Å². The van der Waals surface area contributed by atoms with Crippen LogP contribution in [-0.4, -0.2) is 11.6 Å². The fraction of sp³-hybridized carbons (Fsp3) is 0.184. The minimum absolute atomic E-state index is 0.206. The third-order valence-corrected chi connectivity index (χ3v) is 11.8. The molecule has 260 valence electrons. The number of carbonyl (C=O) groups is 2. The van der Waals surface area contributed by atoms with Gasteiger partial charge in [-0.25, -0.2) is 0 Å². The van der Waals surface area contributed by atoms with Crippen molar-refractivity contribution in [1.82, 2.24) is 0 Å². The van der Waals surface area contributed by atoms with Crippen LogP contribution >= 0.6 is 0 Å². The predicted molar refractivity (Wildman–Crippen MR) is 218 cm³/mol. The van der Waals surface area contributed by atoms with Crippen LogP contribution in [0.5, 0.6) is 0 Å². The number of Topliss-reactive ketones (excluding diaryl/α,β-unsaturated/α-hetero) is 2. The van der Waals surface area contributed by atoms with E-state index in [9.17, 15) is 9.59 Å². The summed E-state index contributed by atoms with van der Waals surface area (Å²) in [5.74, 6) is -0.438. The molecule has 4 heteroatoms. The summed E-state index contributed by atoms with van der Waals surface area (Å²) >= 11 is 0. The Hall–Kier alpha value is -6.00. The van der Waals surface area contributed by atoms with Crippen LogP contribution in [0.25, 0.3) is 10.8 Å². The second-order valence-electron chi connectivity index (χ2n) is 15.9. The lowest BCUT2D eigenvalue weighted by Crippen LogP contribution is -2.31. The molecule has 6 aromatic rings. The van der Waals surface area contributed by atoms with E-state index in [0.29, 0.717) is 11.1 Å². The number of anilines is 5. The summed E-state index contributed by atoms with van der Waals surface area (Å²) in [6, 6.07) is 40.2.